The second-order valence-corrected chi connectivity index (χ2v) is 6.45. The van der Waals surface area contributed by atoms with Crippen LogP contribution in [0.25, 0.3) is 0 Å². The smallest absolute Gasteiger partial charge is 0.354 e. The molecule has 130 valence electrons. The van der Waals surface area contributed by atoms with Crippen molar-refractivity contribution >= 4 is 35.6 Å². The highest BCUT2D eigenvalue weighted by Crippen LogP contribution is 2.39. The number of carbonyl (C=O) groups is 4. The van der Waals surface area contributed by atoms with Crippen LogP contribution in [0.3, 0.4) is 0 Å². The minimum absolute atomic E-state index is 0.0578. The van der Waals surface area contributed by atoms with Crippen LogP contribution in [0, 0.1) is 0 Å². The number of amides is 4. The Labute approximate surface area is 146 Å². The number of carboxylic acids is 1. The standard InChI is InChI=1S/C15H14N4O5S/c16-15(24)17-8-6-25-13-9(12(21)19(13)10(8)14(22)23)18-11(20)7-4-2-1-3-5-7/h1-5,9,13H,6H2,(H,18,20)(H,22,23)(H3,16,17,24)/t9?,13-/m1/s1. The number of nitrogens with two attached hydrogens (primary N) is 1. The molecule has 9 nitrogen and oxygen atoms in total. The highest BCUT2D eigenvalue weighted by molar-refractivity contribution is 8.00. The number of nitrogens with one attached hydrogen (secondary N) is 2. The third kappa shape index (κ3) is 3.03. The van der Waals surface area contributed by atoms with Gasteiger partial charge in [0.05, 0.1) is 5.70 Å². The van der Waals surface area contributed by atoms with E-state index in [9.17, 15) is 24.3 Å². The van der Waals surface area contributed by atoms with Crippen molar-refractivity contribution in [1.29, 1.82) is 0 Å². The van der Waals surface area contributed by atoms with Gasteiger partial charge in [-0.2, -0.15) is 0 Å². The summed E-state index contributed by atoms with van der Waals surface area (Å²) in [4.78, 5) is 48.1. The number of thioether (sulfide) groups is 1. The Kier molecular flexibility index (Phi) is 4.36. The van der Waals surface area contributed by atoms with Gasteiger partial charge >= 0.3 is 12.0 Å². The highest BCUT2D eigenvalue weighted by atomic mass is 32.2. The molecule has 1 unspecified atom stereocenters. The molecule has 4 amide bonds. The number of rotatable bonds is 4. The predicted molar refractivity (Wildman–Crippen MR) is 88.2 cm³/mol. The van der Waals surface area contributed by atoms with Crippen molar-refractivity contribution in [3.05, 3.63) is 47.3 Å². The molecular weight excluding hydrogens is 348 g/mol. The normalized spacial score (nSPS) is 21.9. The fraction of sp³-hybridized carbons (Fsp3) is 0.200. The number of carboxylic acid groups (broad SMARTS) is 1. The molecule has 1 saturated heterocycles. The molecular formula is C15H14N4O5S. The lowest BCUT2D eigenvalue weighted by Crippen LogP contribution is -2.71. The van der Waals surface area contributed by atoms with Crippen LogP contribution >= 0.6 is 11.8 Å². The van der Waals surface area contributed by atoms with Crippen LogP contribution in [-0.2, 0) is 9.59 Å². The third-order valence-electron chi connectivity index (χ3n) is 3.77. The minimum atomic E-state index is -1.35. The lowest BCUT2D eigenvalue weighted by Gasteiger charge is -2.49. The zero-order valence-corrected chi connectivity index (χ0v) is 13.6. The second kappa shape index (κ2) is 6.48. The number of benzene rings is 1. The van der Waals surface area contributed by atoms with Crippen molar-refractivity contribution in [2.75, 3.05) is 5.75 Å². The summed E-state index contributed by atoms with van der Waals surface area (Å²) in [5, 5.41) is 13.7. The lowest BCUT2D eigenvalue weighted by molar-refractivity contribution is -0.148. The largest absolute Gasteiger partial charge is 0.477 e. The summed E-state index contributed by atoms with van der Waals surface area (Å²) in [6.45, 7) is 0. The van der Waals surface area contributed by atoms with Crippen LogP contribution in [0.1, 0.15) is 10.4 Å². The van der Waals surface area contributed by atoms with Crippen molar-refractivity contribution in [1.82, 2.24) is 15.5 Å². The van der Waals surface area contributed by atoms with E-state index in [-0.39, 0.29) is 17.1 Å². The molecule has 1 aromatic carbocycles. The van der Waals surface area contributed by atoms with Crippen molar-refractivity contribution in [2.24, 2.45) is 5.73 Å². The van der Waals surface area contributed by atoms with Gasteiger partial charge in [0, 0.05) is 11.3 Å². The molecule has 2 atom stereocenters. The van der Waals surface area contributed by atoms with E-state index in [0.717, 1.165) is 4.90 Å². The van der Waals surface area contributed by atoms with Crippen LogP contribution in [0.2, 0.25) is 0 Å². The van der Waals surface area contributed by atoms with Gasteiger partial charge in [-0.1, -0.05) is 18.2 Å². The number of aliphatic carboxylic acids is 1. The fourth-order valence-corrected chi connectivity index (χ4v) is 3.96. The van der Waals surface area contributed by atoms with Gasteiger partial charge in [0.2, 0.25) is 0 Å². The summed E-state index contributed by atoms with van der Waals surface area (Å²) in [5.74, 6) is -2.17. The number of hydrogen-bond acceptors (Lipinski definition) is 5. The highest BCUT2D eigenvalue weighted by Gasteiger charge is 2.54. The quantitative estimate of drug-likeness (QED) is 0.540. The number of urea groups is 1. The molecule has 0 aromatic heterocycles. The maximum absolute atomic E-state index is 12.4. The molecule has 5 N–H and O–H groups in total. The lowest BCUT2D eigenvalue weighted by atomic mass is 10.0. The number of nitrogens with zero attached hydrogens (tertiary/aromatic N) is 1. The topological polar surface area (TPSA) is 142 Å². The first-order valence-corrected chi connectivity index (χ1v) is 8.28. The zero-order valence-electron chi connectivity index (χ0n) is 12.8. The van der Waals surface area contributed by atoms with E-state index in [2.05, 4.69) is 10.6 Å². The van der Waals surface area contributed by atoms with E-state index >= 15 is 0 Å². The van der Waals surface area contributed by atoms with E-state index in [1.165, 1.54) is 11.8 Å². The van der Waals surface area contributed by atoms with Gasteiger partial charge in [-0.25, -0.2) is 9.59 Å². The molecule has 1 aromatic rings. The summed E-state index contributed by atoms with van der Waals surface area (Å²) in [5.41, 5.74) is 5.17. The molecule has 2 aliphatic rings. The van der Waals surface area contributed by atoms with E-state index in [1.807, 2.05) is 0 Å². The monoisotopic (exact) mass is 362 g/mol. The van der Waals surface area contributed by atoms with Gasteiger partial charge in [-0.15, -0.1) is 11.8 Å². The Morgan fingerprint density at radius 2 is 1.92 bits per heavy atom. The summed E-state index contributed by atoms with van der Waals surface area (Å²) in [6.07, 6.45) is 0. The van der Waals surface area contributed by atoms with Gasteiger partial charge in [-0.3, -0.25) is 14.5 Å². The van der Waals surface area contributed by atoms with E-state index in [0.29, 0.717) is 5.56 Å². The molecule has 1 fully saturated rings. The Balaban J connectivity index is 1.79. The number of primary amides is 1. The summed E-state index contributed by atoms with van der Waals surface area (Å²) >= 11 is 1.23. The summed E-state index contributed by atoms with van der Waals surface area (Å²) in [7, 11) is 0. The zero-order chi connectivity index (χ0) is 18.1. The van der Waals surface area contributed by atoms with E-state index in [4.69, 9.17) is 5.73 Å². The number of carbonyl (C=O) groups excluding carboxylic acids is 3. The molecule has 2 heterocycles. The summed E-state index contributed by atoms with van der Waals surface area (Å²) in [6, 6.07) is 6.65. The van der Waals surface area contributed by atoms with Gasteiger partial charge < -0.3 is 21.5 Å². The Morgan fingerprint density at radius 3 is 2.52 bits per heavy atom. The first kappa shape index (κ1) is 16.8. The van der Waals surface area contributed by atoms with Crippen molar-refractivity contribution < 1.29 is 24.3 Å². The van der Waals surface area contributed by atoms with Gasteiger partial charge in [-0.05, 0) is 12.1 Å². The number of β-lactam (4-membered cyclic amide) rings is 1. The van der Waals surface area contributed by atoms with Crippen LogP contribution in [0.5, 0.6) is 0 Å². The van der Waals surface area contributed by atoms with Gasteiger partial charge in [0.15, 0.2) is 5.70 Å². The Morgan fingerprint density at radius 1 is 1.24 bits per heavy atom. The van der Waals surface area contributed by atoms with Crippen LogP contribution in [0.15, 0.2) is 41.7 Å². The first-order chi connectivity index (χ1) is 11.9. The Hall–Kier alpha value is -3.01. The average Bonchev–Trinajstić information content (AvgIpc) is 2.59. The molecule has 0 radical (unpaired) electrons. The average molecular weight is 362 g/mol. The maximum Gasteiger partial charge on any atom is 0.354 e. The molecule has 0 aliphatic carbocycles. The molecule has 10 heteroatoms. The number of hydrogen-bond donors (Lipinski definition) is 4. The first-order valence-electron chi connectivity index (χ1n) is 7.23. The summed E-state index contributed by atoms with van der Waals surface area (Å²) < 4.78 is 0. The molecule has 0 bridgehead atoms. The minimum Gasteiger partial charge on any atom is -0.477 e. The Bertz CT molecular complexity index is 794. The molecule has 25 heavy (non-hydrogen) atoms. The van der Waals surface area contributed by atoms with Crippen molar-refractivity contribution in [2.45, 2.75) is 11.4 Å². The second-order valence-electron chi connectivity index (χ2n) is 5.35. The SMILES string of the molecule is NC(=O)NC1=C(C(=O)O)N2C(=O)C(NC(=O)c3ccccc3)[C@H]2SC1. The van der Waals surface area contributed by atoms with Crippen LogP contribution in [-0.4, -0.2) is 51.0 Å². The molecule has 3 rings (SSSR count). The van der Waals surface area contributed by atoms with Crippen LogP contribution < -0.4 is 16.4 Å². The predicted octanol–water partition coefficient (Wildman–Crippen LogP) is -0.335. The fourth-order valence-electron chi connectivity index (χ4n) is 2.68. The van der Waals surface area contributed by atoms with Crippen molar-refractivity contribution in [3.8, 4) is 0 Å². The third-order valence-corrected chi connectivity index (χ3v) is 5.05. The van der Waals surface area contributed by atoms with Crippen molar-refractivity contribution in [3.63, 3.8) is 0 Å². The maximum atomic E-state index is 12.4. The van der Waals surface area contributed by atoms with E-state index in [1.54, 1.807) is 30.3 Å². The number of fused-ring (bicyclic) bond motifs is 1. The van der Waals surface area contributed by atoms with Gasteiger partial charge in [0.1, 0.15) is 11.4 Å². The van der Waals surface area contributed by atoms with E-state index < -0.39 is 35.2 Å². The molecule has 0 saturated carbocycles. The van der Waals surface area contributed by atoms with Crippen LogP contribution in [0.4, 0.5) is 4.79 Å². The molecule has 2 aliphatic heterocycles. The molecule has 0 spiro atoms. The van der Waals surface area contributed by atoms with Gasteiger partial charge in [0.25, 0.3) is 11.8 Å².